The van der Waals surface area contributed by atoms with Gasteiger partial charge in [0.05, 0.1) is 0 Å². The molecule has 8 heteroatoms. The number of aryl methyl sites for hydroxylation is 2. The molecule has 1 fully saturated rings. The molecule has 3 rings (SSSR count). The van der Waals surface area contributed by atoms with Gasteiger partial charge in [-0.15, -0.1) is 0 Å². The van der Waals surface area contributed by atoms with E-state index in [2.05, 4.69) is 15.2 Å². The molecule has 0 N–H and O–H groups in total. The highest BCUT2D eigenvalue weighted by Crippen LogP contribution is 2.25. The Labute approximate surface area is 145 Å². The van der Waals surface area contributed by atoms with Crippen LogP contribution in [0, 0.1) is 0 Å². The lowest BCUT2D eigenvalue weighted by atomic mass is 9.97. The summed E-state index contributed by atoms with van der Waals surface area (Å²) in [7, 11) is 0. The molecule has 3 heterocycles. The van der Waals surface area contributed by atoms with Gasteiger partial charge in [-0.05, 0) is 25.3 Å². The number of amides is 1. The summed E-state index contributed by atoms with van der Waals surface area (Å²) in [5, 5.41) is 8.26. The van der Waals surface area contributed by atoms with Crippen LogP contribution < -0.4 is 5.56 Å². The van der Waals surface area contributed by atoms with Gasteiger partial charge in [-0.2, -0.15) is 10.1 Å². The average Bonchev–Trinajstić information content (AvgIpc) is 3.12. The van der Waals surface area contributed by atoms with Gasteiger partial charge >= 0.3 is 0 Å². The Kier molecular flexibility index (Phi) is 5.25. The molecular formula is C17H23N5O3. The first-order chi connectivity index (χ1) is 12.1. The summed E-state index contributed by atoms with van der Waals surface area (Å²) in [6.45, 7) is 5.64. The van der Waals surface area contributed by atoms with E-state index in [4.69, 9.17) is 4.52 Å². The predicted octanol–water partition coefficient (Wildman–Crippen LogP) is 1.62. The lowest BCUT2D eigenvalue weighted by Gasteiger charge is -2.31. The molecule has 0 aromatic carbocycles. The van der Waals surface area contributed by atoms with Crippen molar-refractivity contribution in [2.45, 2.75) is 52.0 Å². The van der Waals surface area contributed by atoms with E-state index in [1.165, 1.54) is 16.8 Å². The molecule has 0 aliphatic carbocycles. The lowest BCUT2D eigenvalue weighted by molar-refractivity contribution is 0.0694. The highest BCUT2D eigenvalue weighted by molar-refractivity contribution is 5.92. The normalized spacial score (nSPS) is 17.7. The minimum absolute atomic E-state index is 0.0725. The van der Waals surface area contributed by atoms with Crippen LogP contribution in [0.1, 0.15) is 61.2 Å². The average molecular weight is 345 g/mol. The Morgan fingerprint density at radius 3 is 2.92 bits per heavy atom. The van der Waals surface area contributed by atoms with E-state index in [0.29, 0.717) is 43.5 Å². The van der Waals surface area contributed by atoms with Crippen molar-refractivity contribution in [1.29, 1.82) is 0 Å². The number of carbonyl (C=O) groups is 1. The van der Waals surface area contributed by atoms with Crippen molar-refractivity contribution in [3.8, 4) is 0 Å². The quantitative estimate of drug-likeness (QED) is 0.817. The number of nitrogens with zero attached hydrogens (tertiary/aromatic N) is 5. The fourth-order valence-corrected chi connectivity index (χ4v) is 3.05. The number of hydrogen-bond donors (Lipinski definition) is 0. The Morgan fingerprint density at radius 1 is 1.36 bits per heavy atom. The molecule has 134 valence electrons. The Morgan fingerprint density at radius 2 is 2.20 bits per heavy atom. The molecule has 1 aliphatic heterocycles. The molecule has 25 heavy (non-hydrogen) atoms. The molecule has 0 radical (unpaired) electrons. The first kappa shape index (κ1) is 17.3. The van der Waals surface area contributed by atoms with Crippen LogP contribution in [0.4, 0.5) is 0 Å². The smallest absolute Gasteiger partial charge is 0.274 e. The molecule has 1 aliphatic rings. The second-order valence-corrected chi connectivity index (χ2v) is 6.27. The fraction of sp³-hybridized carbons (Fsp3) is 0.588. The number of rotatable bonds is 5. The standard InChI is InChI=1S/C17H23N5O3/c1-3-9-22-15(23)8-7-13(19-22)17(24)21-10-5-6-12(11-21)16-18-14(4-2)25-20-16/h7-8,12H,3-6,9-11H2,1-2H3/t12-/m1/s1. The minimum atomic E-state index is -0.186. The first-order valence-electron chi connectivity index (χ1n) is 8.82. The molecule has 8 nitrogen and oxygen atoms in total. The van der Waals surface area contributed by atoms with Crippen LogP contribution >= 0.6 is 0 Å². The molecule has 0 spiro atoms. The van der Waals surface area contributed by atoms with E-state index in [9.17, 15) is 9.59 Å². The van der Waals surface area contributed by atoms with Crippen molar-refractivity contribution in [1.82, 2.24) is 24.8 Å². The number of aromatic nitrogens is 4. The second kappa shape index (κ2) is 7.58. The first-order valence-corrected chi connectivity index (χ1v) is 8.82. The van der Waals surface area contributed by atoms with Crippen molar-refractivity contribution in [3.05, 3.63) is 39.9 Å². The molecule has 1 atom stereocenters. The van der Waals surface area contributed by atoms with Gasteiger partial charge in [-0.25, -0.2) is 4.68 Å². The van der Waals surface area contributed by atoms with Gasteiger partial charge in [0, 0.05) is 38.0 Å². The van der Waals surface area contributed by atoms with E-state index < -0.39 is 0 Å². The SMILES string of the molecule is CCCn1nc(C(=O)N2CCC[C@@H](c3noc(CC)n3)C2)ccc1=O. The summed E-state index contributed by atoms with van der Waals surface area (Å²) in [5.74, 6) is 1.20. The second-order valence-electron chi connectivity index (χ2n) is 6.27. The third-order valence-corrected chi connectivity index (χ3v) is 4.38. The summed E-state index contributed by atoms with van der Waals surface area (Å²) in [6.07, 6.45) is 3.29. The third kappa shape index (κ3) is 3.78. The van der Waals surface area contributed by atoms with Crippen molar-refractivity contribution in [3.63, 3.8) is 0 Å². The molecule has 1 amide bonds. The van der Waals surface area contributed by atoms with E-state index >= 15 is 0 Å². The van der Waals surface area contributed by atoms with Crippen LogP contribution in [-0.2, 0) is 13.0 Å². The number of piperidine rings is 1. The Balaban J connectivity index is 1.75. The van der Waals surface area contributed by atoms with Crippen LogP contribution in [0.2, 0.25) is 0 Å². The fourth-order valence-electron chi connectivity index (χ4n) is 3.05. The van der Waals surface area contributed by atoms with Gasteiger partial charge < -0.3 is 9.42 Å². The van der Waals surface area contributed by atoms with Crippen molar-refractivity contribution >= 4 is 5.91 Å². The van der Waals surface area contributed by atoms with Crippen LogP contribution in [0.25, 0.3) is 0 Å². The van der Waals surface area contributed by atoms with E-state index in [1.807, 2.05) is 13.8 Å². The molecule has 0 saturated carbocycles. The van der Waals surface area contributed by atoms with E-state index in [0.717, 1.165) is 19.3 Å². The summed E-state index contributed by atoms with van der Waals surface area (Å²) in [4.78, 5) is 30.7. The van der Waals surface area contributed by atoms with Gasteiger partial charge in [-0.3, -0.25) is 9.59 Å². The zero-order valence-electron chi connectivity index (χ0n) is 14.6. The van der Waals surface area contributed by atoms with Gasteiger partial charge in [0.1, 0.15) is 5.69 Å². The van der Waals surface area contributed by atoms with Crippen LogP contribution in [0.5, 0.6) is 0 Å². The minimum Gasteiger partial charge on any atom is -0.339 e. The summed E-state index contributed by atoms with van der Waals surface area (Å²) >= 11 is 0. The van der Waals surface area contributed by atoms with Gasteiger partial charge in [0.2, 0.25) is 5.89 Å². The van der Waals surface area contributed by atoms with Crippen molar-refractivity contribution in [2.24, 2.45) is 0 Å². The zero-order valence-corrected chi connectivity index (χ0v) is 14.6. The monoisotopic (exact) mass is 345 g/mol. The molecule has 2 aromatic heterocycles. The molecular weight excluding hydrogens is 322 g/mol. The van der Waals surface area contributed by atoms with Crippen molar-refractivity contribution < 1.29 is 9.32 Å². The van der Waals surface area contributed by atoms with Crippen LogP contribution in [0.3, 0.4) is 0 Å². The highest BCUT2D eigenvalue weighted by atomic mass is 16.5. The third-order valence-electron chi connectivity index (χ3n) is 4.38. The maximum Gasteiger partial charge on any atom is 0.274 e. The Hall–Kier alpha value is -2.51. The van der Waals surface area contributed by atoms with Crippen LogP contribution in [0.15, 0.2) is 21.5 Å². The molecule has 1 saturated heterocycles. The highest BCUT2D eigenvalue weighted by Gasteiger charge is 2.29. The van der Waals surface area contributed by atoms with Crippen molar-refractivity contribution in [2.75, 3.05) is 13.1 Å². The summed E-state index contributed by atoms with van der Waals surface area (Å²) < 4.78 is 6.54. The number of carbonyl (C=O) groups excluding carboxylic acids is 1. The zero-order chi connectivity index (χ0) is 17.8. The topological polar surface area (TPSA) is 94.1 Å². The maximum absolute atomic E-state index is 12.8. The maximum atomic E-state index is 12.8. The van der Waals surface area contributed by atoms with Gasteiger partial charge in [-0.1, -0.05) is 19.0 Å². The van der Waals surface area contributed by atoms with Gasteiger partial charge in [0.15, 0.2) is 5.82 Å². The number of hydrogen-bond acceptors (Lipinski definition) is 6. The Bertz CT molecular complexity index is 798. The molecule has 0 unspecified atom stereocenters. The lowest BCUT2D eigenvalue weighted by Crippen LogP contribution is -2.40. The number of likely N-dealkylation sites (tertiary alicyclic amines) is 1. The predicted molar refractivity (Wildman–Crippen MR) is 90.3 cm³/mol. The van der Waals surface area contributed by atoms with E-state index in [-0.39, 0.29) is 17.4 Å². The molecule has 0 bridgehead atoms. The van der Waals surface area contributed by atoms with E-state index in [1.54, 1.807) is 4.90 Å². The van der Waals surface area contributed by atoms with Gasteiger partial charge in [0.25, 0.3) is 11.5 Å². The largest absolute Gasteiger partial charge is 0.339 e. The summed E-state index contributed by atoms with van der Waals surface area (Å²) in [5.41, 5.74) is 0.116. The summed E-state index contributed by atoms with van der Waals surface area (Å²) in [6, 6.07) is 2.91. The molecule has 2 aromatic rings. The van der Waals surface area contributed by atoms with Crippen LogP contribution in [-0.4, -0.2) is 43.8 Å².